The Hall–Kier alpha value is -0.0600. The monoisotopic (exact) mass is 696 g/mol. The lowest BCUT2D eigenvalue weighted by Crippen LogP contribution is -2.58. The van der Waals surface area contributed by atoms with Gasteiger partial charge in [-0.25, -0.2) is 0 Å². The molecule has 14 unspecified atom stereocenters. The van der Waals surface area contributed by atoms with E-state index in [0.29, 0.717) is 23.2 Å². The van der Waals surface area contributed by atoms with Crippen LogP contribution in [-0.4, -0.2) is 13.1 Å². The maximum Gasteiger partial charge on any atom is 0.305 e. The van der Waals surface area contributed by atoms with Crippen LogP contribution in [0.4, 0.5) is 0 Å². The Morgan fingerprint density at radius 2 is 1.64 bits per heavy atom. The van der Waals surface area contributed by atoms with E-state index in [0.717, 1.165) is 71.5 Å². The summed E-state index contributed by atoms with van der Waals surface area (Å²) in [5.74, 6) is 10.6. The Bertz CT molecular complexity index is 899. The van der Waals surface area contributed by atoms with Gasteiger partial charge in [-0.15, -0.1) is 24.0 Å². The zero-order valence-corrected chi connectivity index (χ0v) is 31.6. The van der Waals surface area contributed by atoms with Gasteiger partial charge in [-0.2, -0.15) is 0 Å². The lowest BCUT2D eigenvalue weighted by molar-refractivity contribution is -0.164. The van der Waals surface area contributed by atoms with Crippen molar-refractivity contribution in [3.05, 3.63) is 12.2 Å². The zero-order chi connectivity index (χ0) is 30.1. The van der Waals surface area contributed by atoms with Gasteiger partial charge in [0.25, 0.3) is 0 Å². The van der Waals surface area contributed by atoms with Crippen LogP contribution in [-0.2, 0) is 9.53 Å². The summed E-state index contributed by atoms with van der Waals surface area (Å²) >= 11 is 0. The van der Waals surface area contributed by atoms with E-state index in [2.05, 4.69) is 46.8 Å². The molecule has 6 rings (SSSR count). The van der Waals surface area contributed by atoms with Crippen LogP contribution in [0.2, 0.25) is 0 Å². The van der Waals surface area contributed by atoms with Crippen LogP contribution < -0.4 is 0 Å². The predicted octanol–water partition coefficient (Wildman–Crippen LogP) is 11.6. The first-order valence-corrected chi connectivity index (χ1v) is 18.4. The van der Waals surface area contributed by atoms with Gasteiger partial charge in [0.2, 0.25) is 0 Å². The maximum atomic E-state index is 11.9. The minimum atomic E-state index is -0.0318. The second kappa shape index (κ2) is 15.0. The summed E-state index contributed by atoms with van der Waals surface area (Å²) in [7, 11) is 1.53. The number of fused-ring (bicyclic) bond motifs is 7. The molecule has 6 aliphatic rings. The van der Waals surface area contributed by atoms with Gasteiger partial charge in [-0.05, 0) is 152 Å². The fraction of sp³-hybridized carbons (Fsp3) is 0.923. The van der Waals surface area contributed by atoms with E-state index in [4.69, 9.17) is 4.74 Å². The van der Waals surface area contributed by atoms with Crippen molar-refractivity contribution in [2.75, 3.05) is 7.11 Å². The maximum absolute atomic E-state index is 11.9. The Morgan fingerprint density at radius 1 is 0.929 bits per heavy atom. The van der Waals surface area contributed by atoms with Gasteiger partial charge in [0, 0.05) is 6.42 Å². The molecule has 0 saturated heterocycles. The fourth-order valence-corrected chi connectivity index (χ4v) is 12.5. The highest BCUT2D eigenvalue weighted by Gasteiger charge is 2.64. The molecule has 0 amide bonds. The molecule has 0 aromatic heterocycles. The van der Waals surface area contributed by atoms with Crippen LogP contribution in [0, 0.1) is 81.8 Å². The molecular formula is C39H69IO2. The highest BCUT2D eigenvalue weighted by atomic mass is 127. The van der Waals surface area contributed by atoms with Gasteiger partial charge in [-0.1, -0.05) is 74.5 Å². The first kappa shape index (κ1) is 36.4. The number of methoxy groups -OCH3 is 1. The number of hydrogen-bond donors (Lipinski definition) is 0. The molecule has 0 aliphatic heterocycles. The summed E-state index contributed by atoms with van der Waals surface area (Å²) in [6.07, 6.45) is 21.5. The predicted molar refractivity (Wildman–Crippen MR) is 190 cm³/mol. The summed E-state index contributed by atoms with van der Waals surface area (Å²) in [5, 5.41) is 0. The molecule has 0 N–H and O–H groups in total. The molecule has 5 saturated carbocycles. The van der Waals surface area contributed by atoms with Crippen LogP contribution in [0.5, 0.6) is 0 Å². The molecule has 244 valence electrons. The molecule has 42 heavy (non-hydrogen) atoms. The highest BCUT2D eigenvalue weighted by molar-refractivity contribution is 14.0. The normalized spacial score (nSPS) is 46.9. The van der Waals surface area contributed by atoms with E-state index in [9.17, 15) is 4.79 Å². The molecule has 5 fully saturated rings. The minimum Gasteiger partial charge on any atom is -0.469 e. The number of hydrogen-bond acceptors (Lipinski definition) is 2. The number of rotatable bonds is 6. The summed E-state index contributed by atoms with van der Waals surface area (Å²) < 4.78 is 4.98. The van der Waals surface area contributed by atoms with E-state index in [1.165, 1.54) is 71.3 Å². The van der Waals surface area contributed by atoms with Gasteiger partial charge < -0.3 is 4.74 Å². The quantitative estimate of drug-likeness (QED) is 0.157. The first-order valence-electron chi connectivity index (χ1n) is 18.4. The van der Waals surface area contributed by atoms with Crippen LogP contribution in [0.1, 0.15) is 139 Å². The lowest BCUT2D eigenvalue weighted by atomic mass is 9.40. The third-order valence-corrected chi connectivity index (χ3v) is 14.6. The molecule has 6 aliphatic carbocycles. The fourth-order valence-electron chi connectivity index (χ4n) is 12.5. The Labute approximate surface area is 278 Å². The minimum absolute atomic E-state index is 0. The average Bonchev–Trinajstić information content (AvgIpc) is 3.70. The van der Waals surface area contributed by atoms with Crippen LogP contribution in [0.25, 0.3) is 0 Å². The smallest absolute Gasteiger partial charge is 0.305 e. The number of ether oxygens (including phenoxy) is 1. The Kier molecular flexibility index (Phi) is 13.0. The third kappa shape index (κ3) is 6.44. The highest BCUT2D eigenvalue weighted by Crippen LogP contribution is 2.71. The van der Waals surface area contributed by atoms with E-state index < -0.39 is 0 Å². The molecule has 0 aromatic rings. The summed E-state index contributed by atoms with van der Waals surface area (Å²) in [4.78, 5) is 11.9. The number of allylic oxidation sites excluding steroid dienone is 2. The van der Waals surface area contributed by atoms with Gasteiger partial charge in [0.05, 0.1) is 7.11 Å². The van der Waals surface area contributed by atoms with Crippen LogP contribution >= 0.6 is 24.0 Å². The van der Waals surface area contributed by atoms with Crippen molar-refractivity contribution in [3.63, 3.8) is 0 Å². The van der Waals surface area contributed by atoms with Gasteiger partial charge >= 0.3 is 5.97 Å². The van der Waals surface area contributed by atoms with Crippen molar-refractivity contribution in [1.82, 2.24) is 0 Å². The SMILES string of the molecule is CC.CC.COC(=O)CCC(C)C1CCC2C3C(C)CC4CC(CC5CC6C=CC5C6)CCC4(C)C3CC(C)C12C.I. The summed E-state index contributed by atoms with van der Waals surface area (Å²) in [5.41, 5.74) is 1.02. The van der Waals surface area contributed by atoms with Crippen molar-refractivity contribution < 1.29 is 9.53 Å². The van der Waals surface area contributed by atoms with Gasteiger partial charge in [0.1, 0.15) is 0 Å². The number of carbonyl (C=O) groups excluding carboxylic acids is 1. The largest absolute Gasteiger partial charge is 0.469 e. The van der Waals surface area contributed by atoms with Crippen molar-refractivity contribution >= 4 is 29.9 Å². The molecule has 14 atom stereocenters. The summed E-state index contributed by atoms with van der Waals surface area (Å²) in [6, 6.07) is 0. The Balaban J connectivity index is 0.000000929. The van der Waals surface area contributed by atoms with Gasteiger partial charge in [0.15, 0.2) is 0 Å². The lowest BCUT2D eigenvalue weighted by Gasteiger charge is -2.65. The molecule has 0 radical (unpaired) electrons. The van der Waals surface area contributed by atoms with Gasteiger partial charge in [-0.3, -0.25) is 4.79 Å². The van der Waals surface area contributed by atoms with Crippen molar-refractivity contribution in [3.8, 4) is 0 Å². The molecule has 0 spiro atoms. The molecular weight excluding hydrogens is 627 g/mol. The third-order valence-electron chi connectivity index (χ3n) is 14.6. The summed E-state index contributed by atoms with van der Waals surface area (Å²) in [6.45, 7) is 21.2. The average molecular weight is 697 g/mol. The molecule has 2 nitrogen and oxygen atoms in total. The molecule has 2 bridgehead atoms. The van der Waals surface area contributed by atoms with E-state index in [1.807, 2.05) is 27.7 Å². The molecule has 0 aromatic carbocycles. The van der Waals surface area contributed by atoms with Crippen molar-refractivity contribution in [2.45, 2.75) is 139 Å². The zero-order valence-electron chi connectivity index (χ0n) is 29.3. The van der Waals surface area contributed by atoms with E-state index in [1.54, 1.807) is 0 Å². The van der Waals surface area contributed by atoms with E-state index >= 15 is 0 Å². The van der Waals surface area contributed by atoms with Crippen molar-refractivity contribution in [2.24, 2.45) is 81.8 Å². The number of halogens is 1. The molecule has 3 heteroatoms. The van der Waals surface area contributed by atoms with Crippen LogP contribution in [0.3, 0.4) is 0 Å². The van der Waals surface area contributed by atoms with Crippen molar-refractivity contribution in [1.29, 1.82) is 0 Å². The van der Waals surface area contributed by atoms with E-state index in [-0.39, 0.29) is 29.9 Å². The topological polar surface area (TPSA) is 26.3 Å². The number of carbonyl (C=O) groups is 1. The second-order valence-corrected chi connectivity index (χ2v) is 15.9. The number of esters is 1. The second-order valence-electron chi connectivity index (χ2n) is 15.9. The standard InChI is InChI=1S/C35H56O2.2C2H6.HI/c1-21(7-12-32(36)37-6)29-10-11-30-33-22(2)15-28-20-25(19-27-18-24-8-9-26(27)17-24)13-14-34(28,4)31(33)16-23(3)35(29,30)5;2*1-2;/h8-9,21-31,33H,7,10-20H2,1-6H3;2*1-2H3;1H. The first-order chi connectivity index (χ1) is 19.6. The molecule has 0 heterocycles. The Morgan fingerprint density at radius 3 is 2.26 bits per heavy atom. The van der Waals surface area contributed by atoms with Crippen LogP contribution in [0.15, 0.2) is 12.2 Å².